The molecule has 0 aliphatic carbocycles. The molecule has 1 aromatic rings. The maximum atomic E-state index is 12.2. The van der Waals surface area contributed by atoms with E-state index in [2.05, 4.69) is 6.07 Å². The fraction of sp³-hybridized carbons (Fsp3) is 0.467. The number of aryl methyl sites for hydroxylation is 3. The molecule has 0 saturated heterocycles. The molecule has 0 spiro atoms. The fourth-order valence-corrected chi connectivity index (χ4v) is 1.88. The van der Waals surface area contributed by atoms with Crippen LogP contribution >= 0.6 is 0 Å². The van der Waals surface area contributed by atoms with Crippen molar-refractivity contribution in [1.82, 2.24) is 0 Å². The van der Waals surface area contributed by atoms with Gasteiger partial charge in [-0.3, -0.25) is 4.79 Å². The van der Waals surface area contributed by atoms with Gasteiger partial charge in [0.1, 0.15) is 5.41 Å². The van der Waals surface area contributed by atoms with Crippen molar-refractivity contribution in [2.45, 2.75) is 34.6 Å². The largest absolute Gasteiger partial charge is 0.314 e. The van der Waals surface area contributed by atoms with E-state index < -0.39 is 5.41 Å². The second kappa shape index (κ2) is 4.81. The maximum absolute atomic E-state index is 12.2. The Labute approximate surface area is 109 Å². The van der Waals surface area contributed by atoms with Crippen LogP contribution in [-0.2, 0) is 4.79 Å². The molecule has 0 bridgehead atoms. The molecule has 0 unspecified atom stereocenters. The van der Waals surface area contributed by atoms with Gasteiger partial charge < -0.3 is 4.90 Å². The second-order valence-electron chi connectivity index (χ2n) is 5.32. The van der Waals surface area contributed by atoms with E-state index in [1.807, 2.05) is 32.9 Å². The number of anilines is 1. The minimum Gasteiger partial charge on any atom is -0.314 e. The van der Waals surface area contributed by atoms with E-state index in [0.29, 0.717) is 0 Å². The zero-order valence-electron chi connectivity index (χ0n) is 12.0. The Balaban J connectivity index is 3.21. The molecule has 3 heteroatoms. The number of amides is 1. The summed E-state index contributed by atoms with van der Waals surface area (Å²) < 4.78 is 0. The Kier molecular flexibility index (Phi) is 3.81. The van der Waals surface area contributed by atoms with Crippen LogP contribution in [0.5, 0.6) is 0 Å². The lowest BCUT2D eigenvalue weighted by atomic mass is 9.93. The molecule has 0 aliphatic rings. The van der Waals surface area contributed by atoms with E-state index in [1.165, 1.54) is 5.56 Å². The first kappa shape index (κ1) is 14.2. The van der Waals surface area contributed by atoms with Crippen molar-refractivity contribution >= 4 is 11.6 Å². The van der Waals surface area contributed by atoms with Crippen molar-refractivity contribution in [2.24, 2.45) is 5.41 Å². The van der Waals surface area contributed by atoms with Gasteiger partial charge in [0, 0.05) is 12.7 Å². The molecule has 1 rings (SSSR count). The van der Waals surface area contributed by atoms with Crippen molar-refractivity contribution in [3.05, 3.63) is 28.8 Å². The molecular weight excluding hydrogens is 224 g/mol. The molecule has 0 radical (unpaired) electrons. The summed E-state index contributed by atoms with van der Waals surface area (Å²) in [7, 11) is 1.72. The molecule has 1 aromatic carbocycles. The van der Waals surface area contributed by atoms with Crippen LogP contribution in [0.15, 0.2) is 12.1 Å². The first-order chi connectivity index (χ1) is 8.20. The molecule has 96 valence electrons. The highest BCUT2D eigenvalue weighted by atomic mass is 16.2. The number of benzene rings is 1. The lowest BCUT2D eigenvalue weighted by Gasteiger charge is -2.26. The first-order valence-electron chi connectivity index (χ1n) is 5.98. The van der Waals surface area contributed by atoms with Gasteiger partial charge in [-0.25, -0.2) is 0 Å². The van der Waals surface area contributed by atoms with E-state index in [4.69, 9.17) is 5.26 Å². The Hall–Kier alpha value is -1.82. The lowest BCUT2D eigenvalue weighted by molar-refractivity contribution is -0.123. The number of carbonyl (C=O) groups excluding carboxylic acids is 1. The van der Waals surface area contributed by atoms with E-state index in [9.17, 15) is 4.79 Å². The monoisotopic (exact) mass is 244 g/mol. The highest BCUT2D eigenvalue weighted by molar-refractivity contribution is 5.99. The van der Waals surface area contributed by atoms with Gasteiger partial charge in [0.25, 0.3) is 0 Å². The second-order valence-corrected chi connectivity index (χ2v) is 5.32. The van der Waals surface area contributed by atoms with Crippen LogP contribution < -0.4 is 4.90 Å². The predicted octanol–water partition coefficient (Wildman–Crippen LogP) is 3.12. The summed E-state index contributed by atoms with van der Waals surface area (Å²) in [6, 6.07) is 6.11. The number of hydrogen-bond acceptors (Lipinski definition) is 2. The zero-order valence-corrected chi connectivity index (χ0v) is 12.0. The maximum Gasteiger partial charge on any atom is 0.246 e. The number of carbonyl (C=O) groups is 1. The quantitative estimate of drug-likeness (QED) is 0.802. The van der Waals surface area contributed by atoms with Gasteiger partial charge in [0.2, 0.25) is 5.91 Å². The third kappa shape index (κ3) is 2.53. The van der Waals surface area contributed by atoms with Gasteiger partial charge in [-0.1, -0.05) is 6.07 Å². The van der Waals surface area contributed by atoms with Gasteiger partial charge >= 0.3 is 0 Å². The molecule has 0 saturated carbocycles. The van der Waals surface area contributed by atoms with Crippen LogP contribution in [-0.4, -0.2) is 13.0 Å². The predicted molar refractivity (Wildman–Crippen MR) is 73.5 cm³/mol. The minimum atomic E-state index is -1.00. The van der Waals surface area contributed by atoms with E-state index >= 15 is 0 Å². The summed E-state index contributed by atoms with van der Waals surface area (Å²) in [5, 5.41) is 9.03. The van der Waals surface area contributed by atoms with Gasteiger partial charge in [-0.05, 0) is 57.4 Å². The number of nitrogens with zero attached hydrogens (tertiary/aromatic N) is 2. The first-order valence-corrected chi connectivity index (χ1v) is 5.98. The number of nitriles is 1. The highest BCUT2D eigenvalue weighted by Crippen LogP contribution is 2.27. The molecular formula is C15H20N2O. The molecule has 3 nitrogen and oxygen atoms in total. The van der Waals surface area contributed by atoms with E-state index in [0.717, 1.165) is 16.8 Å². The summed E-state index contributed by atoms with van der Waals surface area (Å²) in [6.45, 7) is 9.33. The Morgan fingerprint density at radius 1 is 1.17 bits per heavy atom. The number of hydrogen-bond donors (Lipinski definition) is 0. The van der Waals surface area contributed by atoms with Gasteiger partial charge in [-0.2, -0.15) is 5.26 Å². The third-order valence-electron chi connectivity index (χ3n) is 3.29. The summed E-state index contributed by atoms with van der Waals surface area (Å²) in [4.78, 5) is 13.8. The summed E-state index contributed by atoms with van der Waals surface area (Å²) in [6.07, 6.45) is 0. The lowest BCUT2D eigenvalue weighted by Crippen LogP contribution is -2.38. The van der Waals surface area contributed by atoms with Crippen LogP contribution in [0.25, 0.3) is 0 Å². The van der Waals surface area contributed by atoms with Crippen molar-refractivity contribution in [2.75, 3.05) is 11.9 Å². The van der Waals surface area contributed by atoms with Gasteiger partial charge in [-0.15, -0.1) is 0 Å². The van der Waals surface area contributed by atoms with Crippen molar-refractivity contribution < 1.29 is 4.79 Å². The van der Waals surface area contributed by atoms with E-state index in [-0.39, 0.29) is 5.91 Å². The molecule has 0 N–H and O–H groups in total. The van der Waals surface area contributed by atoms with Crippen molar-refractivity contribution in [3.8, 4) is 6.07 Å². The number of rotatable bonds is 2. The van der Waals surface area contributed by atoms with Crippen molar-refractivity contribution in [1.29, 1.82) is 5.26 Å². The van der Waals surface area contributed by atoms with Crippen LogP contribution in [0, 0.1) is 37.5 Å². The third-order valence-corrected chi connectivity index (χ3v) is 3.29. The molecule has 18 heavy (non-hydrogen) atoms. The standard InChI is InChI=1S/C15H20N2O/c1-10-7-12(3)13(8-11(10)2)17(6)14(18)15(4,5)9-16/h7-8H,1-6H3. The van der Waals surface area contributed by atoms with Gasteiger partial charge in [0.05, 0.1) is 6.07 Å². The molecule has 1 amide bonds. The summed E-state index contributed by atoms with van der Waals surface area (Å²) in [5.74, 6) is -0.184. The van der Waals surface area contributed by atoms with Crippen molar-refractivity contribution in [3.63, 3.8) is 0 Å². The Bertz CT molecular complexity index is 524. The minimum absolute atomic E-state index is 0.184. The molecule has 0 atom stereocenters. The van der Waals surface area contributed by atoms with Crippen LogP contribution in [0.4, 0.5) is 5.69 Å². The van der Waals surface area contributed by atoms with Crippen LogP contribution in [0.1, 0.15) is 30.5 Å². The SMILES string of the molecule is Cc1cc(C)c(N(C)C(=O)C(C)(C)C#N)cc1C. The van der Waals surface area contributed by atoms with Gasteiger partial charge in [0.15, 0.2) is 0 Å². The molecule has 0 aliphatic heterocycles. The smallest absolute Gasteiger partial charge is 0.246 e. The van der Waals surface area contributed by atoms with Crippen LogP contribution in [0.3, 0.4) is 0 Å². The molecule has 0 aromatic heterocycles. The Morgan fingerprint density at radius 2 is 1.67 bits per heavy atom. The van der Waals surface area contributed by atoms with E-state index in [1.54, 1.807) is 25.8 Å². The summed E-state index contributed by atoms with van der Waals surface area (Å²) >= 11 is 0. The molecule has 0 heterocycles. The van der Waals surface area contributed by atoms with Crippen LogP contribution in [0.2, 0.25) is 0 Å². The topological polar surface area (TPSA) is 44.1 Å². The fourth-order valence-electron chi connectivity index (χ4n) is 1.88. The highest BCUT2D eigenvalue weighted by Gasteiger charge is 2.31. The average molecular weight is 244 g/mol. The average Bonchev–Trinajstić information content (AvgIpc) is 2.32. The normalized spacial score (nSPS) is 10.9. The Morgan fingerprint density at radius 3 is 2.17 bits per heavy atom. The molecule has 0 fully saturated rings. The summed E-state index contributed by atoms with van der Waals surface area (Å²) in [5.41, 5.74) is 3.26. The zero-order chi connectivity index (χ0) is 14.1.